The highest BCUT2D eigenvalue weighted by Gasteiger charge is 2.44. The fraction of sp³-hybridized carbons (Fsp3) is 0.318. The average Bonchev–Trinajstić information content (AvgIpc) is 2.77. The van der Waals surface area contributed by atoms with E-state index in [1.165, 1.54) is 21.9 Å². The van der Waals surface area contributed by atoms with E-state index in [0.717, 1.165) is 29.8 Å². The molecular formula is C22H20F3N3O4. The van der Waals surface area contributed by atoms with E-state index in [-0.39, 0.29) is 43.3 Å². The molecule has 0 bridgehead atoms. The van der Waals surface area contributed by atoms with Crippen LogP contribution in [0.25, 0.3) is 0 Å². The Hall–Kier alpha value is -3.56. The van der Waals surface area contributed by atoms with Crippen LogP contribution in [0.15, 0.2) is 48.5 Å². The normalized spacial score (nSPS) is 21.2. The Bertz CT molecular complexity index is 1040. The van der Waals surface area contributed by atoms with E-state index >= 15 is 0 Å². The number of piperazine rings is 2. The topological polar surface area (TPSA) is 89.9 Å². The Balaban J connectivity index is 1.43. The lowest BCUT2D eigenvalue weighted by atomic mass is 9.98. The Kier molecular flexibility index (Phi) is 5.53. The summed E-state index contributed by atoms with van der Waals surface area (Å²) in [6.07, 6.45) is -4.23. The highest BCUT2D eigenvalue weighted by molar-refractivity contribution is 5.99. The van der Waals surface area contributed by atoms with Gasteiger partial charge in [-0.15, -0.1) is 0 Å². The van der Waals surface area contributed by atoms with Gasteiger partial charge in [0.25, 0.3) is 5.91 Å². The van der Waals surface area contributed by atoms with Gasteiger partial charge in [0.1, 0.15) is 17.8 Å². The number of halogens is 3. The van der Waals surface area contributed by atoms with Crippen molar-refractivity contribution in [2.45, 2.75) is 24.7 Å². The van der Waals surface area contributed by atoms with Crippen molar-refractivity contribution in [1.82, 2.24) is 15.1 Å². The maximum absolute atomic E-state index is 12.9. The van der Waals surface area contributed by atoms with Crippen molar-refractivity contribution < 1.29 is 32.7 Å². The van der Waals surface area contributed by atoms with Gasteiger partial charge >= 0.3 is 6.18 Å². The van der Waals surface area contributed by atoms with Gasteiger partial charge in [-0.3, -0.25) is 14.4 Å². The molecule has 3 amide bonds. The molecule has 0 aliphatic carbocycles. The second kappa shape index (κ2) is 8.18. The molecule has 0 aromatic heterocycles. The van der Waals surface area contributed by atoms with Gasteiger partial charge in [0.05, 0.1) is 12.1 Å². The number of carbonyl (C=O) groups excluding carboxylic acids is 3. The second-order valence-corrected chi connectivity index (χ2v) is 7.81. The summed E-state index contributed by atoms with van der Waals surface area (Å²) in [5, 5.41) is 12.1. The number of aromatic hydroxyl groups is 1. The molecule has 2 N–H and O–H groups in total. The highest BCUT2D eigenvalue weighted by atomic mass is 19.4. The van der Waals surface area contributed by atoms with Crippen LogP contribution in [0.4, 0.5) is 13.2 Å². The molecule has 2 aliphatic heterocycles. The third-order valence-electron chi connectivity index (χ3n) is 5.70. The zero-order valence-corrected chi connectivity index (χ0v) is 16.8. The second-order valence-electron chi connectivity index (χ2n) is 7.81. The molecule has 4 rings (SSSR count). The van der Waals surface area contributed by atoms with Crippen molar-refractivity contribution in [2.24, 2.45) is 0 Å². The summed E-state index contributed by atoms with van der Waals surface area (Å²) in [7, 11) is 0. The summed E-state index contributed by atoms with van der Waals surface area (Å²) >= 11 is 0. The molecule has 0 spiro atoms. The van der Waals surface area contributed by atoms with Crippen molar-refractivity contribution in [3.8, 4) is 5.75 Å². The van der Waals surface area contributed by atoms with E-state index in [4.69, 9.17) is 0 Å². The number of carbonyl (C=O) groups is 3. The Labute approximate surface area is 181 Å². The van der Waals surface area contributed by atoms with E-state index in [0.29, 0.717) is 0 Å². The number of phenolic OH excluding ortho intramolecular Hbond substituents is 1. The quantitative estimate of drug-likeness (QED) is 0.751. The fourth-order valence-electron chi connectivity index (χ4n) is 3.98. The third kappa shape index (κ3) is 4.25. The number of nitrogens with zero attached hydrogens (tertiary/aromatic N) is 2. The molecule has 2 aromatic rings. The third-order valence-corrected chi connectivity index (χ3v) is 5.70. The van der Waals surface area contributed by atoms with Crippen LogP contribution in [0.3, 0.4) is 0 Å². The van der Waals surface area contributed by atoms with Crippen molar-refractivity contribution in [3.05, 3.63) is 65.2 Å². The van der Waals surface area contributed by atoms with Gasteiger partial charge in [-0.05, 0) is 42.0 Å². The van der Waals surface area contributed by atoms with Gasteiger partial charge in [-0.1, -0.05) is 12.1 Å². The van der Waals surface area contributed by atoms with Crippen LogP contribution in [0.2, 0.25) is 0 Å². The minimum atomic E-state index is -4.50. The molecule has 2 aromatic carbocycles. The minimum Gasteiger partial charge on any atom is -0.508 e. The van der Waals surface area contributed by atoms with Gasteiger partial charge < -0.3 is 20.2 Å². The van der Waals surface area contributed by atoms with Gasteiger partial charge in [0, 0.05) is 25.1 Å². The predicted molar refractivity (Wildman–Crippen MR) is 107 cm³/mol. The van der Waals surface area contributed by atoms with Crippen molar-refractivity contribution >= 4 is 17.7 Å². The molecular weight excluding hydrogens is 427 g/mol. The number of nitrogens with one attached hydrogen (secondary N) is 1. The number of hydrogen-bond acceptors (Lipinski definition) is 4. The minimum absolute atomic E-state index is 0.0383. The molecule has 32 heavy (non-hydrogen) atoms. The van der Waals surface area contributed by atoms with E-state index in [1.807, 2.05) is 0 Å². The van der Waals surface area contributed by atoms with Crippen LogP contribution in [0, 0.1) is 0 Å². The molecule has 2 fully saturated rings. The number of benzene rings is 2. The van der Waals surface area contributed by atoms with E-state index in [2.05, 4.69) is 5.32 Å². The first kappa shape index (κ1) is 21.7. The average molecular weight is 447 g/mol. The van der Waals surface area contributed by atoms with Crippen molar-refractivity contribution in [1.29, 1.82) is 0 Å². The first-order valence-corrected chi connectivity index (χ1v) is 9.99. The van der Waals surface area contributed by atoms with E-state index in [9.17, 15) is 32.7 Å². The van der Waals surface area contributed by atoms with Crippen LogP contribution in [-0.2, 0) is 22.2 Å². The molecule has 2 atom stereocenters. The predicted octanol–water partition coefficient (Wildman–Crippen LogP) is 1.81. The summed E-state index contributed by atoms with van der Waals surface area (Å²) in [5.74, 6) is -1.05. The van der Waals surface area contributed by atoms with Gasteiger partial charge in [0.15, 0.2) is 0 Å². The molecule has 0 unspecified atom stereocenters. The number of phenols is 1. The lowest BCUT2D eigenvalue weighted by molar-refractivity contribution is -0.152. The van der Waals surface area contributed by atoms with Crippen LogP contribution in [0.1, 0.15) is 21.5 Å². The summed E-state index contributed by atoms with van der Waals surface area (Å²) in [5.41, 5.74) is 0.00557. The number of alkyl halides is 3. The largest absolute Gasteiger partial charge is 0.508 e. The van der Waals surface area contributed by atoms with E-state index in [1.54, 1.807) is 12.1 Å². The Morgan fingerprint density at radius 2 is 1.69 bits per heavy atom. The monoisotopic (exact) mass is 447 g/mol. The lowest BCUT2D eigenvalue weighted by Gasteiger charge is -2.45. The van der Waals surface area contributed by atoms with Crippen LogP contribution >= 0.6 is 0 Å². The maximum Gasteiger partial charge on any atom is 0.416 e. The molecule has 2 heterocycles. The molecule has 168 valence electrons. The number of hydrogen-bond donors (Lipinski definition) is 2. The van der Waals surface area contributed by atoms with Crippen molar-refractivity contribution in [2.75, 3.05) is 19.6 Å². The molecule has 0 saturated carbocycles. The summed E-state index contributed by atoms with van der Waals surface area (Å²) in [6.45, 7) is 0.278. The zero-order chi connectivity index (χ0) is 23.0. The van der Waals surface area contributed by atoms with Crippen LogP contribution in [0.5, 0.6) is 5.75 Å². The van der Waals surface area contributed by atoms with Gasteiger partial charge in [-0.2, -0.15) is 13.2 Å². The zero-order valence-electron chi connectivity index (χ0n) is 16.8. The number of rotatable bonds is 3. The number of fused-ring (bicyclic) bond motifs is 1. The maximum atomic E-state index is 12.9. The SMILES string of the molecule is O=C1N[C@@H](Cc2ccc(O)cc2)C(=O)N2CCN(C(=O)c3ccc(C(F)(F)F)cc3)C[C@H]12. The molecule has 2 saturated heterocycles. The standard InChI is InChI=1S/C22H20F3N3O4/c23-22(24,25)15-5-3-14(4-6-15)20(31)27-9-10-28-18(12-27)19(30)26-17(21(28)32)11-13-1-7-16(29)8-2-13/h1-8,17-18,29H,9-12H2,(H,26,30)/t17-,18+/m0/s1. The van der Waals surface area contributed by atoms with Gasteiger partial charge in [0.2, 0.25) is 11.8 Å². The first-order valence-electron chi connectivity index (χ1n) is 9.99. The smallest absolute Gasteiger partial charge is 0.416 e. The summed E-state index contributed by atoms with van der Waals surface area (Å²) in [6, 6.07) is 8.63. The fourth-order valence-corrected chi connectivity index (χ4v) is 3.98. The van der Waals surface area contributed by atoms with Gasteiger partial charge in [-0.25, -0.2) is 0 Å². The molecule has 10 heteroatoms. The number of amides is 3. The van der Waals surface area contributed by atoms with Crippen LogP contribution < -0.4 is 5.32 Å². The highest BCUT2D eigenvalue weighted by Crippen LogP contribution is 2.29. The van der Waals surface area contributed by atoms with Crippen LogP contribution in [-0.4, -0.2) is 64.3 Å². The van der Waals surface area contributed by atoms with Crippen molar-refractivity contribution in [3.63, 3.8) is 0 Å². The summed E-state index contributed by atoms with van der Waals surface area (Å²) in [4.78, 5) is 41.1. The molecule has 0 radical (unpaired) electrons. The van der Waals surface area contributed by atoms with E-state index < -0.39 is 35.6 Å². The Morgan fingerprint density at radius 1 is 1.03 bits per heavy atom. The Morgan fingerprint density at radius 3 is 2.31 bits per heavy atom. The lowest BCUT2D eigenvalue weighted by Crippen LogP contribution is -2.70. The summed E-state index contributed by atoms with van der Waals surface area (Å²) < 4.78 is 38.2. The molecule has 2 aliphatic rings. The molecule has 7 nitrogen and oxygen atoms in total. The first-order chi connectivity index (χ1) is 15.1.